The molecule has 0 aliphatic carbocycles. The molecule has 1 aromatic carbocycles. The Morgan fingerprint density at radius 2 is 2.08 bits per heavy atom. The molecule has 0 bridgehead atoms. The molecule has 0 amide bonds. The highest BCUT2D eigenvalue weighted by Crippen LogP contribution is 2.34. The van der Waals surface area contributed by atoms with Gasteiger partial charge in [-0.3, -0.25) is 4.99 Å². The van der Waals surface area contributed by atoms with E-state index in [4.69, 9.17) is 5.26 Å². The van der Waals surface area contributed by atoms with Crippen LogP contribution in [0.2, 0.25) is 0 Å². The third-order valence-corrected chi connectivity index (χ3v) is 3.88. The largest absolute Gasteiger partial charge is 0.339 e. The number of rotatable bonds is 1. The van der Waals surface area contributed by atoms with Crippen LogP contribution in [0.25, 0.3) is 22.3 Å². The van der Waals surface area contributed by atoms with Crippen LogP contribution >= 0.6 is 0 Å². The van der Waals surface area contributed by atoms with E-state index in [0.717, 1.165) is 33.5 Å². The number of nitrogens with zero attached hydrogens (tertiary/aromatic N) is 4. The first-order valence-electron chi connectivity index (χ1n) is 8.00. The standard InChI is InChI=1S/C17H13N5.C2H6/c1-22-10-19-8-13-9-20-17-14(16(13)22)6-15(21-17)12-4-2-3-11(5-12)7-18;1-2/h2-6,9-10H,8H2,1H3,(H,20,21);1-2H3. The van der Waals surface area contributed by atoms with E-state index in [-0.39, 0.29) is 0 Å². The summed E-state index contributed by atoms with van der Waals surface area (Å²) in [6, 6.07) is 11.8. The fourth-order valence-corrected chi connectivity index (χ4v) is 2.87. The number of aromatic amines is 1. The first-order chi connectivity index (χ1) is 11.8. The molecule has 5 nitrogen and oxygen atoms in total. The van der Waals surface area contributed by atoms with Crippen LogP contribution in [0, 0.1) is 11.3 Å². The van der Waals surface area contributed by atoms with E-state index in [9.17, 15) is 0 Å². The number of H-pyrrole nitrogens is 1. The van der Waals surface area contributed by atoms with Crippen molar-refractivity contribution in [3.05, 3.63) is 47.7 Å². The first-order valence-corrected chi connectivity index (χ1v) is 8.00. The van der Waals surface area contributed by atoms with Crippen LogP contribution in [0.15, 0.2) is 41.5 Å². The predicted molar refractivity (Wildman–Crippen MR) is 98.2 cm³/mol. The van der Waals surface area contributed by atoms with Crippen molar-refractivity contribution in [1.29, 1.82) is 5.26 Å². The van der Waals surface area contributed by atoms with Crippen molar-refractivity contribution >= 4 is 23.1 Å². The summed E-state index contributed by atoms with van der Waals surface area (Å²) in [6.07, 6.45) is 3.71. The zero-order chi connectivity index (χ0) is 17.1. The molecule has 1 aliphatic heterocycles. The second-order valence-electron chi connectivity index (χ2n) is 5.34. The summed E-state index contributed by atoms with van der Waals surface area (Å²) < 4.78 is 0. The molecule has 120 valence electrons. The maximum absolute atomic E-state index is 9.05. The van der Waals surface area contributed by atoms with Crippen LogP contribution in [-0.4, -0.2) is 23.4 Å². The highest BCUT2D eigenvalue weighted by Gasteiger charge is 2.17. The fraction of sp³-hybridized carbons (Fsp3) is 0.211. The molecule has 1 N–H and O–H groups in total. The Morgan fingerprint density at radius 3 is 2.88 bits per heavy atom. The van der Waals surface area contributed by atoms with Crippen molar-refractivity contribution < 1.29 is 0 Å². The molecular formula is C19H19N5. The molecule has 3 heterocycles. The van der Waals surface area contributed by atoms with Crippen molar-refractivity contribution in [3.63, 3.8) is 0 Å². The average molecular weight is 317 g/mol. The van der Waals surface area contributed by atoms with Gasteiger partial charge in [0.2, 0.25) is 0 Å². The summed E-state index contributed by atoms with van der Waals surface area (Å²) >= 11 is 0. The Hall–Kier alpha value is -3.13. The first kappa shape index (κ1) is 15.8. The maximum Gasteiger partial charge on any atom is 0.139 e. The van der Waals surface area contributed by atoms with Crippen LogP contribution in [0.5, 0.6) is 0 Å². The lowest BCUT2D eigenvalue weighted by Gasteiger charge is -2.21. The topological polar surface area (TPSA) is 68.1 Å². The molecule has 0 saturated carbocycles. The Labute approximate surface area is 141 Å². The van der Waals surface area contributed by atoms with E-state index in [2.05, 4.69) is 27.1 Å². The molecular weight excluding hydrogens is 298 g/mol. The molecule has 2 aromatic heterocycles. The quantitative estimate of drug-likeness (QED) is 0.734. The number of benzene rings is 1. The van der Waals surface area contributed by atoms with E-state index in [1.165, 1.54) is 0 Å². The molecule has 1 aliphatic rings. The number of fused-ring (bicyclic) bond motifs is 3. The monoisotopic (exact) mass is 317 g/mol. The molecule has 0 spiro atoms. The molecule has 0 fully saturated rings. The van der Waals surface area contributed by atoms with Crippen molar-refractivity contribution in [2.45, 2.75) is 20.4 Å². The summed E-state index contributed by atoms with van der Waals surface area (Å²) in [4.78, 5) is 14.2. The van der Waals surface area contributed by atoms with Gasteiger partial charge in [-0.05, 0) is 23.8 Å². The summed E-state index contributed by atoms with van der Waals surface area (Å²) in [5.41, 5.74) is 5.70. The minimum absolute atomic E-state index is 0.649. The highest BCUT2D eigenvalue weighted by molar-refractivity contribution is 6.00. The zero-order valence-corrected chi connectivity index (χ0v) is 14.0. The van der Waals surface area contributed by atoms with E-state index in [1.807, 2.05) is 56.5 Å². The molecule has 0 unspecified atom stereocenters. The van der Waals surface area contributed by atoms with Crippen LogP contribution in [0.1, 0.15) is 25.0 Å². The number of hydrogen-bond donors (Lipinski definition) is 1. The van der Waals surface area contributed by atoms with Crippen LogP contribution < -0.4 is 4.90 Å². The SMILES string of the molecule is CC.CN1C=NCc2cnc3[nH]c(-c4cccc(C#N)c4)cc3c21. The van der Waals surface area contributed by atoms with Gasteiger partial charge in [0.05, 0.1) is 30.2 Å². The molecule has 0 atom stereocenters. The Kier molecular flexibility index (Phi) is 4.30. The van der Waals surface area contributed by atoms with Gasteiger partial charge in [-0.1, -0.05) is 26.0 Å². The number of nitrogens with one attached hydrogen (secondary N) is 1. The molecule has 3 aromatic rings. The minimum atomic E-state index is 0.649. The molecule has 5 heteroatoms. The zero-order valence-electron chi connectivity index (χ0n) is 14.0. The number of anilines is 1. The molecule has 4 rings (SSSR count). The predicted octanol–water partition coefficient (Wildman–Crippen LogP) is 4.11. The van der Waals surface area contributed by atoms with Gasteiger partial charge in [-0.2, -0.15) is 5.26 Å². The Balaban J connectivity index is 0.000000815. The summed E-state index contributed by atoms with van der Waals surface area (Å²) in [5.74, 6) is 0. The second-order valence-corrected chi connectivity index (χ2v) is 5.34. The highest BCUT2D eigenvalue weighted by atomic mass is 15.2. The van der Waals surface area contributed by atoms with E-state index >= 15 is 0 Å². The van der Waals surface area contributed by atoms with Crippen molar-refractivity contribution in [2.24, 2.45) is 4.99 Å². The van der Waals surface area contributed by atoms with Crippen LogP contribution in [0.3, 0.4) is 0 Å². The van der Waals surface area contributed by atoms with Gasteiger partial charge in [0, 0.05) is 29.9 Å². The van der Waals surface area contributed by atoms with Crippen molar-refractivity contribution in [2.75, 3.05) is 11.9 Å². The van der Waals surface area contributed by atoms with E-state index in [0.29, 0.717) is 12.1 Å². The number of pyridine rings is 1. The van der Waals surface area contributed by atoms with E-state index in [1.54, 1.807) is 6.07 Å². The molecule has 0 saturated heterocycles. The number of nitriles is 1. The lowest BCUT2D eigenvalue weighted by atomic mass is 10.1. The second kappa shape index (κ2) is 6.55. The lowest BCUT2D eigenvalue weighted by Crippen LogP contribution is -2.20. The number of aromatic nitrogens is 2. The fourth-order valence-electron chi connectivity index (χ4n) is 2.87. The summed E-state index contributed by atoms with van der Waals surface area (Å²) in [6.45, 7) is 4.66. The number of aliphatic imine (C=N–C) groups is 1. The average Bonchev–Trinajstić information content (AvgIpc) is 3.08. The van der Waals surface area contributed by atoms with Crippen LogP contribution in [-0.2, 0) is 6.54 Å². The summed E-state index contributed by atoms with van der Waals surface area (Å²) in [7, 11) is 1.99. The van der Waals surface area contributed by atoms with Crippen molar-refractivity contribution in [1.82, 2.24) is 9.97 Å². The third kappa shape index (κ3) is 2.63. The van der Waals surface area contributed by atoms with Gasteiger partial charge in [-0.25, -0.2) is 4.98 Å². The van der Waals surface area contributed by atoms with Gasteiger partial charge < -0.3 is 9.88 Å². The van der Waals surface area contributed by atoms with Gasteiger partial charge in [-0.15, -0.1) is 0 Å². The van der Waals surface area contributed by atoms with Gasteiger partial charge >= 0.3 is 0 Å². The minimum Gasteiger partial charge on any atom is -0.339 e. The van der Waals surface area contributed by atoms with Gasteiger partial charge in [0.25, 0.3) is 0 Å². The Bertz CT molecular complexity index is 946. The summed E-state index contributed by atoms with van der Waals surface area (Å²) in [5, 5.41) is 10.1. The van der Waals surface area contributed by atoms with Crippen molar-refractivity contribution in [3.8, 4) is 17.3 Å². The van der Waals surface area contributed by atoms with Gasteiger partial charge in [0.15, 0.2) is 0 Å². The number of hydrogen-bond acceptors (Lipinski definition) is 4. The smallest absolute Gasteiger partial charge is 0.139 e. The maximum atomic E-state index is 9.05. The third-order valence-electron chi connectivity index (χ3n) is 3.88. The lowest BCUT2D eigenvalue weighted by molar-refractivity contribution is 1.01. The van der Waals surface area contributed by atoms with Gasteiger partial charge in [0.1, 0.15) is 5.65 Å². The van der Waals surface area contributed by atoms with E-state index < -0.39 is 0 Å². The molecule has 0 radical (unpaired) electrons. The normalized spacial score (nSPS) is 12.3. The van der Waals surface area contributed by atoms with Crippen LogP contribution in [0.4, 0.5) is 5.69 Å². The molecule has 24 heavy (non-hydrogen) atoms. The Morgan fingerprint density at radius 1 is 1.25 bits per heavy atom.